The molecule has 6 atom stereocenters. The van der Waals surface area contributed by atoms with Gasteiger partial charge in [-0.2, -0.15) is 0 Å². The smallest absolute Gasteiger partial charge is 0.322 e. The Bertz CT molecular complexity index is 1360. The number of nitrogens with one attached hydrogen (secondary N) is 3. The number of esters is 1. The van der Waals surface area contributed by atoms with E-state index in [4.69, 9.17) is 33.7 Å². The summed E-state index contributed by atoms with van der Waals surface area (Å²) in [6.45, 7) is 9.78. The highest BCUT2D eigenvalue weighted by Gasteiger charge is 2.66. The minimum atomic E-state index is -1.32. The van der Waals surface area contributed by atoms with Crippen LogP contribution in [0.1, 0.15) is 70.9 Å². The van der Waals surface area contributed by atoms with Gasteiger partial charge in [-0.3, -0.25) is 14.4 Å². The number of anilines is 1. The Kier molecular flexibility index (Phi) is 9.57. The van der Waals surface area contributed by atoms with Crippen molar-refractivity contribution in [1.82, 2.24) is 10.6 Å². The number of amides is 2. The summed E-state index contributed by atoms with van der Waals surface area (Å²) in [5.41, 5.74) is 5.39. The normalized spacial score (nSPS) is 24.7. The largest absolute Gasteiger partial charge is 0.462 e. The Morgan fingerprint density at radius 3 is 2.57 bits per heavy atom. The van der Waals surface area contributed by atoms with Crippen LogP contribution in [0.5, 0.6) is 0 Å². The third kappa shape index (κ3) is 6.30. The fourth-order valence-electron chi connectivity index (χ4n) is 6.23. The topological polar surface area (TPSA) is 123 Å². The second-order valence-corrected chi connectivity index (χ2v) is 13.4. The second kappa shape index (κ2) is 12.5. The van der Waals surface area contributed by atoms with Crippen molar-refractivity contribution in [3.8, 4) is 0 Å². The molecule has 0 aromatic heterocycles. The van der Waals surface area contributed by atoms with E-state index in [1.54, 1.807) is 44.2 Å². The van der Waals surface area contributed by atoms with Gasteiger partial charge in [-0.05, 0) is 67.9 Å². The number of carbonyl (C=O) groups is 3. The minimum Gasteiger partial charge on any atom is -0.462 e. The van der Waals surface area contributed by atoms with Crippen LogP contribution < -0.4 is 21.7 Å². The molecule has 4 rings (SSSR count). The summed E-state index contributed by atoms with van der Waals surface area (Å²) in [6.07, 6.45) is 1.19. The van der Waals surface area contributed by atoms with E-state index >= 15 is 4.39 Å². The van der Waals surface area contributed by atoms with Gasteiger partial charge in [-0.1, -0.05) is 62.2 Å². The molecule has 11 heteroatoms. The van der Waals surface area contributed by atoms with Gasteiger partial charge in [0.25, 0.3) is 0 Å². The Labute approximate surface area is 256 Å². The van der Waals surface area contributed by atoms with Crippen LogP contribution in [-0.2, 0) is 24.5 Å². The first-order chi connectivity index (χ1) is 19.7. The maximum absolute atomic E-state index is 15.8. The molecule has 42 heavy (non-hydrogen) atoms. The zero-order chi connectivity index (χ0) is 31.0. The van der Waals surface area contributed by atoms with Crippen molar-refractivity contribution in [2.45, 2.75) is 89.4 Å². The maximum atomic E-state index is 15.8. The minimum absolute atomic E-state index is 0.0915. The SMILES string of the molecule is C[C@H](N)C(=O)O[C@@H](C)CCCNC(=O)[C@@H]1N[C@H](CC(C)(C)C)[C@]2(C(=O)Nc3cc(Cl)ccc32)[C@H]1c1cccc(Cl)c1F. The highest BCUT2D eigenvalue weighted by Crippen LogP contribution is 2.57. The van der Waals surface area contributed by atoms with Crippen molar-refractivity contribution < 1.29 is 23.5 Å². The van der Waals surface area contributed by atoms with Gasteiger partial charge in [0.2, 0.25) is 11.8 Å². The van der Waals surface area contributed by atoms with Crippen molar-refractivity contribution in [1.29, 1.82) is 0 Å². The van der Waals surface area contributed by atoms with E-state index in [9.17, 15) is 14.4 Å². The zero-order valence-corrected chi connectivity index (χ0v) is 26.0. The van der Waals surface area contributed by atoms with Crippen molar-refractivity contribution in [3.63, 3.8) is 0 Å². The first kappa shape index (κ1) is 32.2. The average Bonchev–Trinajstić information content (AvgIpc) is 3.36. The molecular formula is C31H39Cl2FN4O4. The average molecular weight is 622 g/mol. The number of hydrogen-bond acceptors (Lipinski definition) is 6. The number of fused-ring (bicyclic) bond motifs is 2. The third-order valence-electron chi connectivity index (χ3n) is 8.00. The molecule has 1 spiro atoms. The van der Waals surface area contributed by atoms with Gasteiger partial charge < -0.3 is 26.4 Å². The van der Waals surface area contributed by atoms with Gasteiger partial charge in [0.05, 0.1) is 17.2 Å². The molecule has 2 aliphatic rings. The lowest BCUT2D eigenvalue weighted by atomic mass is 9.62. The summed E-state index contributed by atoms with van der Waals surface area (Å²) in [5.74, 6) is -2.77. The van der Waals surface area contributed by atoms with Crippen LogP contribution in [0.2, 0.25) is 10.0 Å². The van der Waals surface area contributed by atoms with Crippen molar-refractivity contribution in [2.75, 3.05) is 11.9 Å². The molecule has 2 aromatic rings. The van der Waals surface area contributed by atoms with Gasteiger partial charge in [-0.25, -0.2) is 4.39 Å². The molecule has 0 unspecified atom stereocenters. The van der Waals surface area contributed by atoms with E-state index in [1.165, 1.54) is 6.07 Å². The molecule has 5 N–H and O–H groups in total. The fraction of sp³-hybridized carbons (Fsp3) is 0.516. The quantitative estimate of drug-likeness (QED) is 0.230. The van der Waals surface area contributed by atoms with Crippen LogP contribution in [0.4, 0.5) is 10.1 Å². The number of ether oxygens (including phenoxy) is 1. The molecule has 2 aromatic carbocycles. The Balaban J connectivity index is 1.71. The van der Waals surface area contributed by atoms with Crippen LogP contribution in [0.15, 0.2) is 36.4 Å². The molecule has 1 saturated heterocycles. The molecule has 2 amide bonds. The van der Waals surface area contributed by atoms with Gasteiger partial charge in [0.15, 0.2) is 0 Å². The molecule has 0 aliphatic carbocycles. The van der Waals surface area contributed by atoms with Crippen LogP contribution in [0, 0.1) is 11.2 Å². The van der Waals surface area contributed by atoms with Gasteiger partial charge in [0.1, 0.15) is 17.3 Å². The molecule has 2 heterocycles. The van der Waals surface area contributed by atoms with Crippen LogP contribution in [0.3, 0.4) is 0 Å². The number of hydrogen-bond donors (Lipinski definition) is 4. The highest BCUT2D eigenvalue weighted by atomic mass is 35.5. The first-order valence-electron chi connectivity index (χ1n) is 14.2. The van der Waals surface area contributed by atoms with E-state index in [0.29, 0.717) is 35.5 Å². The fourth-order valence-corrected chi connectivity index (χ4v) is 6.58. The van der Waals surface area contributed by atoms with E-state index in [-0.39, 0.29) is 40.5 Å². The summed E-state index contributed by atoms with van der Waals surface area (Å²) >= 11 is 12.5. The van der Waals surface area contributed by atoms with Crippen molar-refractivity contribution in [3.05, 3.63) is 63.4 Å². The molecule has 0 bridgehead atoms. The lowest BCUT2D eigenvalue weighted by Crippen LogP contribution is -2.49. The summed E-state index contributed by atoms with van der Waals surface area (Å²) in [5, 5.41) is 9.73. The molecule has 2 aliphatic heterocycles. The van der Waals surface area contributed by atoms with Crippen molar-refractivity contribution >= 4 is 46.7 Å². The molecule has 8 nitrogen and oxygen atoms in total. The predicted octanol–water partition coefficient (Wildman–Crippen LogP) is 5.06. The van der Waals surface area contributed by atoms with E-state index < -0.39 is 41.2 Å². The van der Waals surface area contributed by atoms with Gasteiger partial charge >= 0.3 is 5.97 Å². The van der Waals surface area contributed by atoms with Crippen LogP contribution >= 0.6 is 23.2 Å². The summed E-state index contributed by atoms with van der Waals surface area (Å²) in [4.78, 5) is 39.8. The molecule has 0 saturated carbocycles. The maximum Gasteiger partial charge on any atom is 0.322 e. The Morgan fingerprint density at radius 1 is 1.19 bits per heavy atom. The number of benzene rings is 2. The van der Waals surface area contributed by atoms with Gasteiger partial charge in [0, 0.05) is 29.2 Å². The molecule has 0 radical (unpaired) electrons. The number of carbonyl (C=O) groups excluding carboxylic acids is 3. The Hall–Kier alpha value is -2.72. The lowest BCUT2D eigenvalue weighted by molar-refractivity contribution is -0.149. The Morgan fingerprint density at radius 2 is 1.90 bits per heavy atom. The van der Waals surface area contributed by atoms with E-state index in [2.05, 4.69) is 36.7 Å². The first-order valence-corrected chi connectivity index (χ1v) is 15.0. The zero-order valence-electron chi connectivity index (χ0n) is 24.5. The summed E-state index contributed by atoms with van der Waals surface area (Å²) in [6, 6.07) is 7.64. The number of halogens is 3. The molecule has 228 valence electrons. The third-order valence-corrected chi connectivity index (χ3v) is 8.52. The lowest BCUT2D eigenvalue weighted by Gasteiger charge is -2.37. The summed E-state index contributed by atoms with van der Waals surface area (Å²) in [7, 11) is 0. The second-order valence-electron chi connectivity index (χ2n) is 12.6. The van der Waals surface area contributed by atoms with Crippen LogP contribution in [0.25, 0.3) is 0 Å². The van der Waals surface area contributed by atoms with Gasteiger partial charge in [-0.15, -0.1) is 0 Å². The monoisotopic (exact) mass is 620 g/mol. The molecular weight excluding hydrogens is 582 g/mol. The van der Waals surface area contributed by atoms with E-state index in [1.807, 2.05) is 0 Å². The number of nitrogens with two attached hydrogens (primary N) is 1. The van der Waals surface area contributed by atoms with E-state index in [0.717, 1.165) is 0 Å². The number of rotatable bonds is 9. The standard InChI is InChI=1S/C31H39Cl2FN4O4/c1-16(42-28(40)17(2)35)8-7-13-36-27(39)26-24(19-9-6-10-21(33)25(19)34)31(23(38-26)15-30(3,4)5)20-12-11-18(32)14-22(20)37-29(31)41/h6,9-12,14,16-17,23-24,26,38H,7-8,13,15,35H2,1-5H3,(H,36,39)(H,37,41)/t16-,17-,23+,24-,26+,31-/m0/s1. The predicted molar refractivity (Wildman–Crippen MR) is 162 cm³/mol. The summed E-state index contributed by atoms with van der Waals surface area (Å²) < 4.78 is 21.1. The van der Waals surface area contributed by atoms with Crippen LogP contribution in [-0.4, -0.2) is 48.6 Å². The highest BCUT2D eigenvalue weighted by molar-refractivity contribution is 6.31. The van der Waals surface area contributed by atoms with Crippen molar-refractivity contribution in [2.24, 2.45) is 11.1 Å². The molecule has 1 fully saturated rings.